The Morgan fingerprint density at radius 2 is 2.29 bits per heavy atom. The second kappa shape index (κ2) is 6.14. The SMILES string of the molecule is CCC(N)CCCc1cncc(Br)c1. The Morgan fingerprint density at radius 1 is 1.50 bits per heavy atom. The van der Waals surface area contributed by atoms with E-state index in [0.717, 1.165) is 30.2 Å². The number of pyridine rings is 1. The third-order valence-corrected chi connectivity index (χ3v) is 2.76. The highest BCUT2D eigenvalue weighted by molar-refractivity contribution is 9.10. The zero-order chi connectivity index (χ0) is 10.4. The molecule has 1 aromatic heterocycles. The van der Waals surface area contributed by atoms with E-state index < -0.39 is 0 Å². The van der Waals surface area contributed by atoms with Crippen molar-refractivity contribution in [2.45, 2.75) is 38.6 Å². The van der Waals surface area contributed by atoms with Gasteiger partial charge in [-0.3, -0.25) is 4.98 Å². The van der Waals surface area contributed by atoms with Gasteiger partial charge in [-0.05, 0) is 53.2 Å². The highest BCUT2D eigenvalue weighted by Crippen LogP contribution is 2.12. The van der Waals surface area contributed by atoms with Gasteiger partial charge in [0.1, 0.15) is 0 Å². The van der Waals surface area contributed by atoms with Gasteiger partial charge in [0.15, 0.2) is 0 Å². The molecular weight excluding hydrogens is 240 g/mol. The standard InChI is InChI=1S/C11H17BrN2/c1-2-11(13)5-3-4-9-6-10(12)8-14-7-9/h6-8,11H,2-5,13H2,1H3. The van der Waals surface area contributed by atoms with Crippen LogP contribution in [0.25, 0.3) is 0 Å². The van der Waals surface area contributed by atoms with E-state index in [0.29, 0.717) is 6.04 Å². The third kappa shape index (κ3) is 4.20. The number of aryl methyl sites for hydroxylation is 1. The first-order valence-electron chi connectivity index (χ1n) is 5.07. The van der Waals surface area contributed by atoms with Gasteiger partial charge in [-0.1, -0.05) is 6.92 Å². The van der Waals surface area contributed by atoms with Crippen LogP contribution in [-0.4, -0.2) is 11.0 Å². The zero-order valence-electron chi connectivity index (χ0n) is 8.54. The quantitative estimate of drug-likeness (QED) is 0.880. The van der Waals surface area contributed by atoms with Crippen molar-refractivity contribution in [2.24, 2.45) is 5.73 Å². The first-order chi connectivity index (χ1) is 6.72. The fraction of sp³-hybridized carbons (Fsp3) is 0.545. The number of halogens is 1. The van der Waals surface area contributed by atoms with Gasteiger partial charge in [0, 0.05) is 22.9 Å². The van der Waals surface area contributed by atoms with Crippen molar-refractivity contribution in [1.29, 1.82) is 0 Å². The molecule has 0 fully saturated rings. The maximum atomic E-state index is 5.84. The molecule has 0 aliphatic rings. The molecule has 1 unspecified atom stereocenters. The van der Waals surface area contributed by atoms with Crippen LogP contribution in [-0.2, 0) is 6.42 Å². The molecule has 0 radical (unpaired) electrons. The van der Waals surface area contributed by atoms with Crippen molar-refractivity contribution in [3.8, 4) is 0 Å². The number of hydrogen-bond acceptors (Lipinski definition) is 2. The molecule has 3 heteroatoms. The molecule has 0 saturated carbocycles. The van der Waals surface area contributed by atoms with Crippen LogP contribution < -0.4 is 5.73 Å². The summed E-state index contributed by atoms with van der Waals surface area (Å²) in [6.07, 6.45) is 8.11. The highest BCUT2D eigenvalue weighted by atomic mass is 79.9. The molecule has 1 rings (SSSR count). The third-order valence-electron chi connectivity index (χ3n) is 2.33. The normalized spacial score (nSPS) is 12.8. The van der Waals surface area contributed by atoms with Crippen molar-refractivity contribution < 1.29 is 0 Å². The lowest BCUT2D eigenvalue weighted by atomic mass is 10.1. The van der Waals surface area contributed by atoms with E-state index in [1.54, 1.807) is 6.20 Å². The Kier molecular flexibility index (Phi) is 5.12. The summed E-state index contributed by atoms with van der Waals surface area (Å²) >= 11 is 3.41. The van der Waals surface area contributed by atoms with Gasteiger partial charge in [-0.25, -0.2) is 0 Å². The van der Waals surface area contributed by atoms with Gasteiger partial charge in [-0.2, -0.15) is 0 Å². The first kappa shape index (κ1) is 11.7. The van der Waals surface area contributed by atoms with Gasteiger partial charge in [0.25, 0.3) is 0 Å². The van der Waals surface area contributed by atoms with Gasteiger partial charge in [-0.15, -0.1) is 0 Å². The number of aromatic nitrogens is 1. The lowest BCUT2D eigenvalue weighted by molar-refractivity contribution is 0.568. The Morgan fingerprint density at radius 3 is 2.93 bits per heavy atom. The maximum absolute atomic E-state index is 5.84. The smallest absolute Gasteiger partial charge is 0.0410 e. The second-order valence-electron chi connectivity index (χ2n) is 3.57. The van der Waals surface area contributed by atoms with Crippen LogP contribution in [0.2, 0.25) is 0 Å². The first-order valence-corrected chi connectivity index (χ1v) is 5.86. The minimum absolute atomic E-state index is 0.357. The summed E-state index contributed by atoms with van der Waals surface area (Å²) in [4.78, 5) is 4.12. The topological polar surface area (TPSA) is 38.9 Å². The van der Waals surface area contributed by atoms with Gasteiger partial charge in [0.05, 0.1) is 0 Å². The predicted octanol–water partition coefficient (Wildman–Crippen LogP) is 2.90. The van der Waals surface area contributed by atoms with E-state index in [1.165, 1.54) is 5.56 Å². The van der Waals surface area contributed by atoms with Gasteiger partial charge >= 0.3 is 0 Å². The minimum Gasteiger partial charge on any atom is -0.328 e. The van der Waals surface area contributed by atoms with Crippen LogP contribution in [0.15, 0.2) is 22.9 Å². The highest BCUT2D eigenvalue weighted by Gasteiger charge is 2.00. The van der Waals surface area contributed by atoms with Crippen LogP contribution in [0, 0.1) is 0 Å². The summed E-state index contributed by atoms with van der Waals surface area (Å²) < 4.78 is 1.05. The summed E-state index contributed by atoms with van der Waals surface area (Å²) in [5.74, 6) is 0. The van der Waals surface area contributed by atoms with E-state index in [2.05, 4.69) is 33.9 Å². The van der Waals surface area contributed by atoms with Gasteiger partial charge in [0.2, 0.25) is 0 Å². The Bertz CT molecular complexity index is 276. The van der Waals surface area contributed by atoms with Gasteiger partial charge < -0.3 is 5.73 Å². The van der Waals surface area contributed by atoms with E-state index in [4.69, 9.17) is 5.73 Å². The van der Waals surface area contributed by atoms with E-state index in [9.17, 15) is 0 Å². The van der Waals surface area contributed by atoms with Crippen molar-refractivity contribution in [3.05, 3.63) is 28.5 Å². The number of nitrogens with zero attached hydrogens (tertiary/aromatic N) is 1. The Hall–Kier alpha value is -0.410. The average Bonchev–Trinajstić information content (AvgIpc) is 2.17. The summed E-state index contributed by atoms with van der Waals surface area (Å²) in [6.45, 7) is 2.13. The number of rotatable bonds is 5. The molecule has 0 saturated heterocycles. The molecule has 2 N–H and O–H groups in total. The van der Waals surface area contributed by atoms with Crippen LogP contribution in [0.4, 0.5) is 0 Å². The zero-order valence-corrected chi connectivity index (χ0v) is 10.1. The Balaban J connectivity index is 2.31. The molecule has 0 spiro atoms. The monoisotopic (exact) mass is 256 g/mol. The van der Waals surface area contributed by atoms with Crippen molar-refractivity contribution >= 4 is 15.9 Å². The molecule has 0 aromatic carbocycles. The number of nitrogens with two attached hydrogens (primary N) is 1. The molecule has 2 nitrogen and oxygen atoms in total. The number of hydrogen-bond donors (Lipinski definition) is 1. The summed E-state index contributed by atoms with van der Waals surface area (Å²) in [6, 6.07) is 2.47. The molecular formula is C11H17BrN2. The molecule has 0 aliphatic carbocycles. The molecule has 1 heterocycles. The molecule has 0 amide bonds. The lowest BCUT2D eigenvalue weighted by Gasteiger charge is -2.07. The fourth-order valence-corrected chi connectivity index (χ4v) is 1.78. The minimum atomic E-state index is 0.357. The van der Waals surface area contributed by atoms with Crippen molar-refractivity contribution in [3.63, 3.8) is 0 Å². The largest absolute Gasteiger partial charge is 0.328 e. The van der Waals surface area contributed by atoms with E-state index in [-0.39, 0.29) is 0 Å². The summed E-state index contributed by atoms with van der Waals surface area (Å²) in [5, 5.41) is 0. The molecule has 0 bridgehead atoms. The van der Waals surface area contributed by atoms with Crippen LogP contribution in [0.3, 0.4) is 0 Å². The summed E-state index contributed by atoms with van der Waals surface area (Å²) in [7, 11) is 0. The summed E-state index contributed by atoms with van der Waals surface area (Å²) in [5.41, 5.74) is 7.12. The average molecular weight is 257 g/mol. The molecule has 0 aliphatic heterocycles. The van der Waals surface area contributed by atoms with Crippen LogP contribution in [0.1, 0.15) is 31.7 Å². The van der Waals surface area contributed by atoms with Crippen molar-refractivity contribution in [1.82, 2.24) is 4.98 Å². The van der Waals surface area contributed by atoms with E-state index >= 15 is 0 Å². The lowest BCUT2D eigenvalue weighted by Crippen LogP contribution is -2.18. The predicted molar refractivity (Wildman–Crippen MR) is 63.1 cm³/mol. The molecule has 14 heavy (non-hydrogen) atoms. The molecule has 78 valence electrons. The molecule has 1 atom stereocenters. The fourth-order valence-electron chi connectivity index (χ4n) is 1.37. The second-order valence-corrected chi connectivity index (χ2v) is 4.49. The Labute approximate surface area is 94.0 Å². The maximum Gasteiger partial charge on any atom is 0.0410 e. The van der Waals surface area contributed by atoms with Crippen LogP contribution >= 0.6 is 15.9 Å². The van der Waals surface area contributed by atoms with E-state index in [1.807, 2.05) is 6.20 Å². The van der Waals surface area contributed by atoms with Crippen molar-refractivity contribution in [2.75, 3.05) is 0 Å². The molecule has 1 aromatic rings. The van der Waals surface area contributed by atoms with Crippen LogP contribution in [0.5, 0.6) is 0 Å².